The molecule has 0 aromatic heterocycles. The summed E-state index contributed by atoms with van der Waals surface area (Å²) in [5, 5.41) is 7.64. The number of ether oxygens (including phenoxy) is 1. The Kier molecular flexibility index (Phi) is 7.06. The van der Waals surface area contributed by atoms with E-state index in [1.54, 1.807) is 32.9 Å². The molecule has 2 aromatic carbocycles. The van der Waals surface area contributed by atoms with Crippen molar-refractivity contribution in [1.29, 1.82) is 0 Å². The summed E-state index contributed by atoms with van der Waals surface area (Å²) in [6.07, 6.45) is 0.793. The third kappa shape index (κ3) is 5.99. The zero-order valence-electron chi connectivity index (χ0n) is 19.5. The maximum atomic E-state index is 13.2. The Labute approximate surface area is 189 Å². The van der Waals surface area contributed by atoms with Gasteiger partial charge in [-0.15, -0.1) is 0 Å². The van der Waals surface area contributed by atoms with Crippen LogP contribution in [0.25, 0.3) is 10.8 Å². The summed E-state index contributed by atoms with van der Waals surface area (Å²) in [5.74, 6) is -0.135. The number of benzene rings is 2. The summed E-state index contributed by atoms with van der Waals surface area (Å²) < 4.78 is 5.37. The maximum absolute atomic E-state index is 13.2. The zero-order valence-corrected chi connectivity index (χ0v) is 19.5. The molecule has 0 radical (unpaired) electrons. The molecule has 172 valence electrons. The molecule has 0 aliphatic carbocycles. The predicted octanol–water partition coefficient (Wildman–Crippen LogP) is 4.56. The van der Waals surface area contributed by atoms with Gasteiger partial charge in [0.2, 0.25) is 5.91 Å². The Morgan fingerprint density at radius 2 is 1.62 bits per heavy atom. The van der Waals surface area contributed by atoms with Crippen LogP contribution in [0.4, 0.5) is 10.5 Å². The van der Waals surface area contributed by atoms with Gasteiger partial charge < -0.3 is 15.0 Å². The first kappa shape index (κ1) is 23.6. The molecule has 7 nitrogen and oxygen atoms in total. The molecule has 0 saturated carbocycles. The summed E-state index contributed by atoms with van der Waals surface area (Å²) in [6.45, 7) is 10.4. The Balaban J connectivity index is 1.76. The van der Waals surface area contributed by atoms with Crippen molar-refractivity contribution in [3.63, 3.8) is 0 Å². The van der Waals surface area contributed by atoms with E-state index in [9.17, 15) is 14.4 Å². The van der Waals surface area contributed by atoms with Crippen LogP contribution in [-0.4, -0.2) is 47.5 Å². The Bertz CT molecular complexity index is 1000. The fourth-order valence-electron chi connectivity index (χ4n) is 3.82. The van der Waals surface area contributed by atoms with Crippen molar-refractivity contribution in [3.8, 4) is 0 Å². The minimum absolute atomic E-state index is 0.0276. The number of anilines is 1. The molecule has 0 bridgehead atoms. The molecule has 0 spiro atoms. The van der Waals surface area contributed by atoms with Gasteiger partial charge in [-0.3, -0.25) is 14.9 Å². The SMILES string of the molecule is CC(C)C(=O)N1CCC(NC(=O)c2cc3ccccc3cc2NC(=O)OC(C)(C)C)CC1. The summed E-state index contributed by atoms with van der Waals surface area (Å²) in [6, 6.07) is 11.2. The maximum Gasteiger partial charge on any atom is 0.412 e. The standard InChI is InChI=1S/C25H33N3O4/c1-16(2)23(30)28-12-10-19(11-13-28)26-22(29)20-14-17-8-6-7-9-18(17)15-21(20)27-24(31)32-25(3,4)5/h6-9,14-16,19H,10-13H2,1-5H3,(H,26,29)(H,27,31). The van der Waals surface area contributed by atoms with E-state index in [0.717, 1.165) is 10.8 Å². The molecule has 1 heterocycles. The summed E-state index contributed by atoms with van der Waals surface area (Å²) >= 11 is 0. The van der Waals surface area contributed by atoms with Gasteiger partial charge in [0.15, 0.2) is 0 Å². The number of fused-ring (bicyclic) bond motifs is 1. The van der Waals surface area contributed by atoms with Crippen LogP contribution in [0, 0.1) is 5.92 Å². The highest BCUT2D eigenvalue weighted by atomic mass is 16.6. The average molecular weight is 440 g/mol. The molecule has 0 unspecified atom stereocenters. The van der Waals surface area contributed by atoms with Crippen LogP contribution in [0.15, 0.2) is 36.4 Å². The molecule has 3 rings (SSSR count). The lowest BCUT2D eigenvalue weighted by atomic mass is 10.0. The van der Waals surface area contributed by atoms with Gasteiger partial charge in [-0.25, -0.2) is 4.79 Å². The van der Waals surface area contributed by atoms with E-state index in [2.05, 4.69) is 10.6 Å². The first-order valence-corrected chi connectivity index (χ1v) is 11.2. The van der Waals surface area contributed by atoms with Gasteiger partial charge in [0.1, 0.15) is 5.60 Å². The van der Waals surface area contributed by atoms with Gasteiger partial charge >= 0.3 is 6.09 Å². The molecule has 2 aromatic rings. The number of hydrogen-bond acceptors (Lipinski definition) is 4. The topological polar surface area (TPSA) is 87.7 Å². The molecule has 1 saturated heterocycles. The van der Waals surface area contributed by atoms with E-state index < -0.39 is 11.7 Å². The highest BCUT2D eigenvalue weighted by Crippen LogP contribution is 2.26. The van der Waals surface area contributed by atoms with E-state index in [0.29, 0.717) is 37.2 Å². The van der Waals surface area contributed by atoms with Gasteiger partial charge in [0.25, 0.3) is 5.91 Å². The second-order valence-electron chi connectivity index (χ2n) is 9.60. The monoisotopic (exact) mass is 439 g/mol. The van der Waals surface area contributed by atoms with Gasteiger partial charge in [-0.2, -0.15) is 0 Å². The summed E-state index contributed by atoms with van der Waals surface area (Å²) in [5.41, 5.74) is 0.142. The fourth-order valence-corrected chi connectivity index (χ4v) is 3.82. The number of rotatable bonds is 4. The van der Waals surface area contributed by atoms with Crippen LogP contribution in [-0.2, 0) is 9.53 Å². The van der Waals surface area contributed by atoms with Gasteiger partial charge in [0, 0.05) is 25.0 Å². The second-order valence-corrected chi connectivity index (χ2v) is 9.60. The Morgan fingerprint density at radius 1 is 1.03 bits per heavy atom. The molecule has 0 atom stereocenters. The number of piperidine rings is 1. The van der Waals surface area contributed by atoms with Crippen molar-refractivity contribution in [3.05, 3.63) is 42.0 Å². The van der Waals surface area contributed by atoms with Crippen LogP contribution in [0.1, 0.15) is 57.8 Å². The van der Waals surface area contributed by atoms with Crippen LogP contribution >= 0.6 is 0 Å². The lowest BCUT2D eigenvalue weighted by Crippen LogP contribution is -2.47. The Morgan fingerprint density at radius 3 is 2.19 bits per heavy atom. The van der Waals surface area contributed by atoms with Gasteiger partial charge in [-0.05, 0) is 56.5 Å². The van der Waals surface area contributed by atoms with E-state index in [-0.39, 0.29) is 23.8 Å². The minimum Gasteiger partial charge on any atom is -0.444 e. The number of nitrogens with one attached hydrogen (secondary N) is 2. The highest BCUT2D eigenvalue weighted by molar-refractivity contribution is 6.07. The van der Waals surface area contributed by atoms with Crippen molar-refractivity contribution in [1.82, 2.24) is 10.2 Å². The molecule has 3 amide bonds. The van der Waals surface area contributed by atoms with Crippen LogP contribution < -0.4 is 10.6 Å². The molecule has 7 heteroatoms. The van der Waals surface area contributed by atoms with Crippen molar-refractivity contribution < 1.29 is 19.1 Å². The first-order chi connectivity index (χ1) is 15.0. The third-order valence-electron chi connectivity index (χ3n) is 5.40. The fraction of sp³-hybridized carbons (Fsp3) is 0.480. The molecule has 2 N–H and O–H groups in total. The van der Waals surface area contributed by atoms with Crippen molar-refractivity contribution in [2.75, 3.05) is 18.4 Å². The number of hydrogen-bond donors (Lipinski definition) is 2. The van der Waals surface area contributed by atoms with Crippen molar-refractivity contribution in [2.45, 2.75) is 59.1 Å². The van der Waals surface area contributed by atoms with Gasteiger partial charge in [0.05, 0.1) is 11.3 Å². The van der Waals surface area contributed by atoms with Crippen molar-refractivity contribution in [2.24, 2.45) is 5.92 Å². The van der Waals surface area contributed by atoms with Crippen LogP contribution in [0.5, 0.6) is 0 Å². The molecule has 1 aliphatic rings. The lowest BCUT2D eigenvalue weighted by molar-refractivity contribution is -0.135. The number of carbonyl (C=O) groups is 3. The molecular formula is C25H33N3O4. The van der Waals surface area contributed by atoms with E-state index in [1.807, 2.05) is 43.0 Å². The summed E-state index contributed by atoms with van der Waals surface area (Å²) in [4.78, 5) is 39.6. The quantitative estimate of drug-likeness (QED) is 0.731. The number of likely N-dealkylation sites (tertiary alicyclic amines) is 1. The highest BCUT2D eigenvalue weighted by Gasteiger charge is 2.26. The summed E-state index contributed by atoms with van der Waals surface area (Å²) in [7, 11) is 0. The number of amides is 3. The number of carbonyl (C=O) groups excluding carboxylic acids is 3. The molecular weight excluding hydrogens is 406 g/mol. The zero-order chi connectivity index (χ0) is 23.5. The first-order valence-electron chi connectivity index (χ1n) is 11.2. The van der Waals surface area contributed by atoms with Crippen molar-refractivity contribution >= 4 is 34.4 Å². The largest absolute Gasteiger partial charge is 0.444 e. The smallest absolute Gasteiger partial charge is 0.412 e. The molecule has 1 aliphatic heterocycles. The number of nitrogens with zero attached hydrogens (tertiary/aromatic N) is 1. The van der Waals surface area contributed by atoms with E-state index in [1.165, 1.54) is 0 Å². The predicted molar refractivity (Wildman–Crippen MR) is 126 cm³/mol. The molecule has 1 fully saturated rings. The van der Waals surface area contributed by atoms with Crippen LogP contribution in [0.3, 0.4) is 0 Å². The minimum atomic E-state index is -0.648. The normalized spacial score (nSPS) is 15.0. The van der Waals surface area contributed by atoms with E-state index >= 15 is 0 Å². The lowest BCUT2D eigenvalue weighted by Gasteiger charge is -2.33. The third-order valence-corrected chi connectivity index (χ3v) is 5.40. The Hall–Kier alpha value is -3.09. The second kappa shape index (κ2) is 9.59. The van der Waals surface area contributed by atoms with Crippen LogP contribution in [0.2, 0.25) is 0 Å². The average Bonchev–Trinajstić information content (AvgIpc) is 2.71. The van der Waals surface area contributed by atoms with E-state index in [4.69, 9.17) is 4.74 Å². The van der Waals surface area contributed by atoms with Gasteiger partial charge in [-0.1, -0.05) is 38.1 Å². The molecule has 32 heavy (non-hydrogen) atoms.